The van der Waals surface area contributed by atoms with E-state index in [-0.39, 0.29) is 11.8 Å². The normalized spacial score (nSPS) is 16.3. The molecule has 1 aromatic carbocycles. The maximum absolute atomic E-state index is 13.0. The Balaban J connectivity index is 1.80. The molecule has 0 saturated heterocycles. The topological polar surface area (TPSA) is 60.3 Å². The van der Waals surface area contributed by atoms with E-state index in [1.165, 1.54) is 39.2 Å². The molecule has 1 aliphatic carbocycles. The van der Waals surface area contributed by atoms with Gasteiger partial charge in [-0.05, 0) is 24.3 Å². The number of aromatic nitrogens is 1. The number of methoxy groups -OCH3 is 1. The van der Waals surface area contributed by atoms with E-state index in [2.05, 4.69) is 16.0 Å². The van der Waals surface area contributed by atoms with Gasteiger partial charge in [-0.25, -0.2) is 4.79 Å². The molecule has 1 aromatic heterocycles. The standard InChI is InChI=1S/C23H32N2O3/c1-16(2)21(23(27)28-3)24-22(26)19-15-25(20-12-8-7-11-18(19)20)14-13-17-9-5-4-6-10-17/h7-8,11-12,15-17,21H,4-6,9-10,13-14H2,1-3H3,(H,24,26)/t21-/m0/s1. The third-order valence-electron chi connectivity index (χ3n) is 5.94. The van der Waals surface area contributed by atoms with Gasteiger partial charge in [0.2, 0.25) is 0 Å². The molecule has 0 bridgehead atoms. The quantitative estimate of drug-likeness (QED) is 0.713. The Kier molecular flexibility index (Phi) is 6.76. The van der Waals surface area contributed by atoms with Crippen LogP contribution in [-0.2, 0) is 16.1 Å². The number of ether oxygens (including phenoxy) is 1. The fourth-order valence-electron chi connectivity index (χ4n) is 4.25. The van der Waals surface area contributed by atoms with Crippen LogP contribution in [0, 0.1) is 11.8 Å². The number of amides is 1. The van der Waals surface area contributed by atoms with E-state index in [4.69, 9.17) is 4.74 Å². The summed E-state index contributed by atoms with van der Waals surface area (Å²) in [7, 11) is 1.35. The van der Waals surface area contributed by atoms with E-state index in [0.29, 0.717) is 5.56 Å². The molecule has 5 heteroatoms. The van der Waals surface area contributed by atoms with Gasteiger partial charge in [0.05, 0.1) is 12.7 Å². The maximum atomic E-state index is 13.0. The van der Waals surface area contributed by atoms with Gasteiger partial charge in [0.1, 0.15) is 6.04 Å². The zero-order chi connectivity index (χ0) is 20.1. The first-order valence-corrected chi connectivity index (χ1v) is 10.5. The molecule has 0 radical (unpaired) electrons. The monoisotopic (exact) mass is 384 g/mol. The van der Waals surface area contributed by atoms with E-state index < -0.39 is 12.0 Å². The number of esters is 1. The molecule has 3 rings (SSSR count). The molecule has 1 atom stereocenters. The number of rotatable bonds is 7. The van der Waals surface area contributed by atoms with Crippen LogP contribution in [0.15, 0.2) is 30.5 Å². The molecule has 1 heterocycles. The third kappa shape index (κ3) is 4.57. The maximum Gasteiger partial charge on any atom is 0.328 e. The lowest BCUT2D eigenvalue weighted by Crippen LogP contribution is -2.45. The lowest BCUT2D eigenvalue weighted by Gasteiger charge is -2.21. The van der Waals surface area contributed by atoms with Crippen molar-refractivity contribution < 1.29 is 14.3 Å². The highest BCUT2D eigenvalue weighted by Gasteiger charge is 2.27. The Labute approximate surface area is 167 Å². The lowest BCUT2D eigenvalue weighted by atomic mass is 9.87. The van der Waals surface area contributed by atoms with Gasteiger partial charge >= 0.3 is 5.97 Å². The van der Waals surface area contributed by atoms with Crippen molar-refractivity contribution in [2.24, 2.45) is 11.8 Å². The second-order valence-corrected chi connectivity index (χ2v) is 8.26. The van der Waals surface area contributed by atoms with Crippen molar-refractivity contribution >= 4 is 22.8 Å². The lowest BCUT2D eigenvalue weighted by molar-refractivity contribution is -0.144. The molecule has 0 unspecified atom stereocenters. The Morgan fingerprint density at radius 3 is 2.57 bits per heavy atom. The Morgan fingerprint density at radius 2 is 1.89 bits per heavy atom. The fourth-order valence-corrected chi connectivity index (χ4v) is 4.25. The number of nitrogens with zero attached hydrogens (tertiary/aromatic N) is 1. The Bertz CT molecular complexity index is 818. The van der Waals surface area contributed by atoms with E-state index >= 15 is 0 Å². The number of carbonyl (C=O) groups is 2. The zero-order valence-corrected chi connectivity index (χ0v) is 17.2. The van der Waals surface area contributed by atoms with Crippen LogP contribution in [0.2, 0.25) is 0 Å². The molecule has 1 N–H and O–H groups in total. The second kappa shape index (κ2) is 9.26. The molecule has 0 spiro atoms. The molecule has 1 fully saturated rings. The van der Waals surface area contributed by atoms with Crippen molar-refractivity contribution in [1.82, 2.24) is 9.88 Å². The number of carbonyl (C=O) groups excluding carboxylic acids is 2. The van der Waals surface area contributed by atoms with Gasteiger partial charge in [-0.3, -0.25) is 4.79 Å². The summed E-state index contributed by atoms with van der Waals surface area (Å²) in [4.78, 5) is 25.0. The summed E-state index contributed by atoms with van der Waals surface area (Å²) in [6, 6.07) is 7.34. The SMILES string of the molecule is COC(=O)[C@@H](NC(=O)c1cn(CCC2CCCCC2)c2ccccc12)C(C)C. The van der Waals surface area contributed by atoms with Gasteiger partial charge < -0.3 is 14.6 Å². The number of para-hydroxylation sites is 1. The largest absolute Gasteiger partial charge is 0.467 e. The first-order chi connectivity index (χ1) is 13.5. The number of fused-ring (bicyclic) bond motifs is 1. The minimum atomic E-state index is -0.651. The van der Waals surface area contributed by atoms with Crippen LogP contribution in [0.5, 0.6) is 0 Å². The highest BCUT2D eigenvalue weighted by molar-refractivity contribution is 6.08. The average molecular weight is 385 g/mol. The van der Waals surface area contributed by atoms with E-state index in [0.717, 1.165) is 29.8 Å². The molecule has 5 nitrogen and oxygen atoms in total. The summed E-state index contributed by atoms with van der Waals surface area (Å²) in [6.45, 7) is 4.72. The molecule has 1 amide bonds. The number of benzene rings is 1. The summed E-state index contributed by atoms with van der Waals surface area (Å²) in [6.07, 6.45) is 9.78. The van der Waals surface area contributed by atoms with Crippen molar-refractivity contribution in [2.75, 3.05) is 7.11 Å². The molecular weight excluding hydrogens is 352 g/mol. The van der Waals surface area contributed by atoms with Crippen LogP contribution in [-0.4, -0.2) is 29.6 Å². The van der Waals surface area contributed by atoms with E-state index in [1.54, 1.807) is 0 Å². The van der Waals surface area contributed by atoms with Gasteiger partial charge in [0, 0.05) is 23.6 Å². The van der Waals surface area contributed by atoms with Crippen LogP contribution in [0.4, 0.5) is 0 Å². The van der Waals surface area contributed by atoms with Gasteiger partial charge in [0.25, 0.3) is 5.91 Å². The smallest absolute Gasteiger partial charge is 0.328 e. The highest BCUT2D eigenvalue weighted by Crippen LogP contribution is 2.28. The van der Waals surface area contributed by atoms with Crippen LogP contribution in [0.3, 0.4) is 0 Å². The van der Waals surface area contributed by atoms with Crippen LogP contribution in [0.25, 0.3) is 10.9 Å². The second-order valence-electron chi connectivity index (χ2n) is 8.26. The summed E-state index contributed by atoms with van der Waals surface area (Å²) in [5.74, 6) is 0.106. The number of nitrogens with one attached hydrogen (secondary N) is 1. The minimum absolute atomic E-state index is 0.0453. The predicted octanol–water partition coefficient (Wildman–Crippen LogP) is 4.54. The summed E-state index contributed by atoms with van der Waals surface area (Å²) in [5.41, 5.74) is 1.69. The summed E-state index contributed by atoms with van der Waals surface area (Å²) < 4.78 is 7.05. The van der Waals surface area contributed by atoms with Gasteiger partial charge in [0.15, 0.2) is 0 Å². The van der Waals surface area contributed by atoms with Crippen LogP contribution in [0.1, 0.15) is 62.7 Å². The first-order valence-electron chi connectivity index (χ1n) is 10.5. The van der Waals surface area contributed by atoms with Crippen molar-refractivity contribution in [2.45, 2.75) is 65.0 Å². The van der Waals surface area contributed by atoms with E-state index in [1.807, 2.05) is 38.2 Å². The average Bonchev–Trinajstić information content (AvgIpc) is 3.09. The van der Waals surface area contributed by atoms with Crippen LogP contribution >= 0.6 is 0 Å². The van der Waals surface area contributed by atoms with Crippen molar-refractivity contribution in [3.8, 4) is 0 Å². The Morgan fingerprint density at radius 1 is 1.18 bits per heavy atom. The third-order valence-corrected chi connectivity index (χ3v) is 5.94. The first kappa shape index (κ1) is 20.4. The minimum Gasteiger partial charge on any atom is -0.467 e. The van der Waals surface area contributed by atoms with Crippen LogP contribution < -0.4 is 5.32 Å². The van der Waals surface area contributed by atoms with Gasteiger partial charge in [-0.15, -0.1) is 0 Å². The molecule has 1 aliphatic rings. The van der Waals surface area contributed by atoms with Crippen molar-refractivity contribution in [1.29, 1.82) is 0 Å². The molecule has 1 saturated carbocycles. The molecule has 2 aromatic rings. The highest BCUT2D eigenvalue weighted by atomic mass is 16.5. The molecule has 28 heavy (non-hydrogen) atoms. The van der Waals surface area contributed by atoms with E-state index in [9.17, 15) is 9.59 Å². The number of hydrogen-bond donors (Lipinski definition) is 1. The summed E-state index contributed by atoms with van der Waals surface area (Å²) in [5, 5.41) is 3.79. The Hall–Kier alpha value is -2.30. The summed E-state index contributed by atoms with van der Waals surface area (Å²) >= 11 is 0. The number of hydrogen-bond acceptors (Lipinski definition) is 3. The molecule has 0 aliphatic heterocycles. The van der Waals surface area contributed by atoms with Gasteiger partial charge in [-0.1, -0.05) is 64.2 Å². The molecular formula is C23H32N2O3. The predicted molar refractivity (Wildman–Crippen MR) is 111 cm³/mol. The van der Waals surface area contributed by atoms with Crippen molar-refractivity contribution in [3.63, 3.8) is 0 Å². The molecule has 152 valence electrons. The number of aryl methyl sites for hydroxylation is 1. The van der Waals surface area contributed by atoms with Gasteiger partial charge in [-0.2, -0.15) is 0 Å². The van der Waals surface area contributed by atoms with Crippen molar-refractivity contribution in [3.05, 3.63) is 36.0 Å². The fraction of sp³-hybridized carbons (Fsp3) is 0.565. The zero-order valence-electron chi connectivity index (χ0n) is 17.2.